The lowest BCUT2D eigenvalue weighted by Crippen LogP contribution is -2.38. The molecule has 0 spiro atoms. The van der Waals surface area contributed by atoms with Crippen LogP contribution in [0, 0.1) is 0 Å². The number of rotatable bonds is 5. The third-order valence-electron chi connectivity index (χ3n) is 5.69. The van der Waals surface area contributed by atoms with Crippen LogP contribution in [0.25, 0.3) is 10.6 Å². The second kappa shape index (κ2) is 8.81. The Kier molecular flexibility index (Phi) is 5.58. The van der Waals surface area contributed by atoms with Crippen molar-refractivity contribution < 1.29 is 4.79 Å². The van der Waals surface area contributed by atoms with Gasteiger partial charge in [-0.25, -0.2) is 4.98 Å². The Labute approximate surface area is 185 Å². The van der Waals surface area contributed by atoms with Crippen molar-refractivity contribution in [2.45, 2.75) is 25.3 Å². The van der Waals surface area contributed by atoms with Gasteiger partial charge in [0.2, 0.25) is 0 Å². The zero-order valence-corrected chi connectivity index (χ0v) is 17.9. The number of carbonyl (C=O) groups is 1. The number of piperidine rings is 1. The van der Waals surface area contributed by atoms with Gasteiger partial charge in [0, 0.05) is 43.8 Å². The topological polar surface area (TPSA) is 63.9 Å². The van der Waals surface area contributed by atoms with Crippen LogP contribution in [-0.2, 0) is 6.54 Å². The standard InChI is InChI=1S/C24H23N5OS/c30-24(22-8-7-21(31-22)20-6-2-4-12-26-20)28-14-9-18(10-15-28)23-27-13-16-29(23)17-19-5-1-3-11-25-19/h1-8,11-13,16,18H,9-10,14-15,17H2. The molecule has 1 aliphatic rings. The molecule has 1 saturated heterocycles. The van der Waals surface area contributed by atoms with E-state index < -0.39 is 0 Å². The van der Waals surface area contributed by atoms with Gasteiger partial charge in [-0.1, -0.05) is 12.1 Å². The Morgan fingerprint density at radius 1 is 0.935 bits per heavy atom. The van der Waals surface area contributed by atoms with Crippen molar-refractivity contribution in [2.75, 3.05) is 13.1 Å². The van der Waals surface area contributed by atoms with Crippen molar-refractivity contribution in [1.82, 2.24) is 24.4 Å². The first-order valence-corrected chi connectivity index (χ1v) is 11.3. The fraction of sp³-hybridized carbons (Fsp3) is 0.250. The number of amides is 1. The molecule has 0 bridgehead atoms. The second-order valence-corrected chi connectivity index (χ2v) is 8.76. The number of aromatic nitrogens is 4. The highest BCUT2D eigenvalue weighted by atomic mass is 32.1. The van der Waals surface area contributed by atoms with Crippen molar-refractivity contribution >= 4 is 17.2 Å². The summed E-state index contributed by atoms with van der Waals surface area (Å²) in [6.07, 6.45) is 9.32. The predicted octanol–water partition coefficient (Wildman–Crippen LogP) is 4.47. The number of hydrogen-bond acceptors (Lipinski definition) is 5. The molecule has 156 valence electrons. The molecule has 1 fully saturated rings. The van der Waals surface area contributed by atoms with Gasteiger partial charge in [0.15, 0.2) is 0 Å². The molecule has 31 heavy (non-hydrogen) atoms. The van der Waals surface area contributed by atoms with E-state index in [0.29, 0.717) is 5.92 Å². The first-order chi connectivity index (χ1) is 15.3. The molecule has 0 atom stereocenters. The van der Waals surface area contributed by atoms with Crippen molar-refractivity contribution in [3.63, 3.8) is 0 Å². The molecule has 6 nitrogen and oxygen atoms in total. The van der Waals surface area contributed by atoms with Gasteiger partial charge >= 0.3 is 0 Å². The maximum atomic E-state index is 13.0. The van der Waals surface area contributed by atoms with Crippen LogP contribution in [0.5, 0.6) is 0 Å². The second-order valence-electron chi connectivity index (χ2n) is 7.68. The molecule has 0 aromatic carbocycles. The summed E-state index contributed by atoms with van der Waals surface area (Å²) < 4.78 is 2.18. The highest BCUT2D eigenvalue weighted by Crippen LogP contribution is 2.31. The van der Waals surface area contributed by atoms with E-state index >= 15 is 0 Å². The minimum atomic E-state index is 0.113. The van der Waals surface area contributed by atoms with Crippen LogP contribution >= 0.6 is 11.3 Å². The smallest absolute Gasteiger partial charge is 0.263 e. The van der Waals surface area contributed by atoms with Crippen molar-refractivity contribution in [2.24, 2.45) is 0 Å². The van der Waals surface area contributed by atoms with E-state index in [4.69, 9.17) is 0 Å². The largest absolute Gasteiger partial charge is 0.338 e. The molecule has 5 heterocycles. The number of carbonyl (C=O) groups excluding carboxylic acids is 1. The molecule has 1 aliphatic heterocycles. The third-order valence-corrected chi connectivity index (χ3v) is 6.78. The maximum absolute atomic E-state index is 13.0. The molecule has 0 saturated carbocycles. The van der Waals surface area contributed by atoms with E-state index in [9.17, 15) is 4.79 Å². The quantitative estimate of drug-likeness (QED) is 0.470. The first kappa shape index (κ1) is 19.6. The lowest BCUT2D eigenvalue weighted by Gasteiger charge is -2.31. The molecule has 7 heteroatoms. The van der Waals surface area contributed by atoms with Gasteiger partial charge in [-0.15, -0.1) is 11.3 Å². The zero-order valence-electron chi connectivity index (χ0n) is 17.1. The van der Waals surface area contributed by atoms with Crippen LogP contribution in [0.1, 0.15) is 39.9 Å². The molecule has 1 amide bonds. The molecule has 4 aromatic rings. The fourth-order valence-electron chi connectivity index (χ4n) is 4.08. The summed E-state index contributed by atoms with van der Waals surface area (Å²) in [7, 11) is 0. The van der Waals surface area contributed by atoms with Gasteiger partial charge in [0.25, 0.3) is 5.91 Å². The SMILES string of the molecule is O=C(c1ccc(-c2ccccn2)s1)N1CCC(c2nccn2Cc2ccccn2)CC1. The van der Waals surface area contributed by atoms with E-state index in [0.717, 1.165) is 59.4 Å². The number of likely N-dealkylation sites (tertiary alicyclic amines) is 1. The summed E-state index contributed by atoms with van der Waals surface area (Å²) in [5.74, 6) is 1.56. The van der Waals surface area contributed by atoms with E-state index in [1.807, 2.05) is 72.0 Å². The summed E-state index contributed by atoms with van der Waals surface area (Å²) in [5, 5.41) is 0. The number of nitrogens with zero attached hydrogens (tertiary/aromatic N) is 5. The minimum absolute atomic E-state index is 0.113. The molecule has 5 rings (SSSR count). The van der Waals surface area contributed by atoms with E-state index in [1.165, 1.54) is 11.3 Å². The summed E-state index contributed by atoms with van der Waals surface area (Å²) in [6, 6.07) is 15.7. The summed E-state index contributed by atoms with van der Waals surface area (Å²) in [6.45, 7) is 2.22. The summed E-state index contributed by atoms with van der Waals surface area (Å²) in [5.41, 5.74) is 1.93. The Bertz CT molecular complexity index is 1150. The molecule has 4 aromatic heterocycles. The molecule has 0 unspecified atom stereocenters. The van der Waals surface area contributed by atoms with Gasteiger partial charge in [-0.2, -0.15) is 0 Å². The summed E-state index contributed by atoms with van der Waals surface area (Å²) in [4.78, 5) is 30.2. The van der Waals surface area contributed by atoms with Gasteiger partial charge in [0.05, 0.1) is 27.7 Å². The van der Waals surface area contributed by atoms with Crippen LogP contribution in [0.2, 0.25) is 0 Å². The molecule has 0 N–H and O–H groups in total. The van der Waals surface area contributed by atoms with Gasteiger partial charge < -0.3 is 9.47 Å². The van der Waals surface area contributed by atoms with Crippen LogP contribution in [0.3, 0.4) is 0 Å². The van der Waals surface area contributed by atoms with Crippen LogP contribution in [-0.4, -0.2) is 43.4 Å². The molecular formula is C24H23N5OS. The van der Waals surface area contributed by atoms with E-state index in [-0.39, 0.29) is 5.91 Å². The monoisotopic (exact) mass is 429 g/mol. The third kappa shape index (κ3) is 4.27. The Hall–Kier alpha value is -3.32. The maximum Gasteiger partial charge on any atom is 0.263 e. The lowest BCUT2D eigenvalue weighted by atomic mass is 9.95. The Morgan fingerprint density at radius 2 is 1.74 bits per heavy atom. The number of imidazole rings is 1. The average Bonchev–Trinajstić information content (AvgIpc) is 3.50. The van der Waals surface area contributed by atoms with Crippen molar-refractivity contribution in [1.29, 1.82) is 0 Å². The van der Waals surface area contributed by atoms with Crippen LogP contribution < -0.4 is 0 Å². The number of pyridine rings is 2. The zero-order chi connectivity index (χ0) is 21.0. The summed E-state index contributed by atoms with van der Waals surface area (Å²) >= 11 is 1.51. The normalized spacial score (nSPS) is 14.6. The molecule has 0 radical (unpaired) electrons. The van der Waals surface area contributed by atoms with Gasteiger partial charge in [0.1, 0.15) is 5.82 Å². The first-order valence-electron chi connectivity index (χ1n) is 10.5. The van der Waals surface area contributed by atoms with E-state index in [1.54, 1.807) is 6.20 Å². The van der Waals surface area contributed by atoms with Crippen LogP contribution in [0.4, 0.5) is 0 Å². The molecular weight excluding hydrogens is 406 g/mol. The van der Waals surface area contributed by atoms with Gasteiger partial charge in [-0.3, -0.25) is 14.8 Å². The van der Waals surface area contributed by atoms with E-state index in [2.05, 4.69) is 19.5 Å². The molecule has 0 aliphatic carbocycles. The van der Waals surface area contributed by atoms with Crippen molar-refractivity contribution in [3.05, 3.63) is 89.7 Å². The Balaban J connectivity index is 1.23. The van der Waals surface area contributed by atoms with Crippen LogP contribution in [0.15, 0.2) is 73.3 Å². The highest BCUT2D eigenvalue weighted by molar-refractivity contribution is 7.17. The lowest BCUT2D eigenvalue weighted by molar-refractivity contribution is 0.0715. The highest BCUT2D eigenvalue weighted by Gasteiger charge is 2.27. The minimum Gasteiger partial charge on any atom is -0.338 e. The fourth-order valence-corrected chi connectivity index (χ4v) is 5.03. The predicted molar refractivity (Wildman–Crippen MR) is 121 cm³/mol. The number of thiophene rings is 1. The average molecular weight is 430 g/mol. The van der Waals surface area contributed by atoms with Gasteiger partial charge in [-0.05, 0) is 49.2 Å². The Morgan fingerprint density at radius 3 is 2.48 bits per heavy atom. The number of hydrogen-bond donors (Lipinski definition) is 0. The van der Waals surface area contributed by atoms with Crippen molar-refractivity contribution in [3.8, 4) is 10.6 Å².